The predicted octanol–water partition coefficient (Wildman–Crippen LogP) is 3.27. The third-order valence-corrected chi connectivity index (χ3v) is 6.25. The monoisotopic (exact) mass is 364 g/mol. The molecule has 1 aromatic carbocycles. The van der Waals surface area contributed by atoms with E-state index in [4.69, 9.17) is 0 Å². The Balaban J connectivity index is 2.30. The molecular formula is C17H20N2O3S2. The minimum atomic E-state index is -3.56. The molecular weight excluding hydrogens is 344 g/mol. The maximum atomic E-state index is 12.3. The fourth-order valence-electron chi connectivity index (χ4n) is 2.03. The van der Waals surface area contributed by atoms with E-state index in [0.717, 1.165) is 20.3 Å². The lowest BCUT2D eigenvalue weighted by Gasteiger charge is -2.16. The smallest absolute Gasteiger partial charge is 0.248 e. The lowest BCUT2D eigenvalue weighted by molar-refractivity contribution is -0.111. The van der Waals surface area contributed by atoms with Gasteiger partial charge in [-0.3, -0.25) is 4.79 Å². The summed E-state index contributed by atoms with van der Waals surface area (Å²) in [6, 6.07) is 6.93. The van der Waals surface area contributed by atoms with Crippen LogP contribution in [0.4, 0.5) is 5.69 Å². The molecule has 7 heteroatoms. The van der Waals surface area contributed by atoms with E-state index >= 15 is 0 Å². The maximum absolute atomic E-state index is 12.3. The Kier molecular flexibility index (Phi) is 5.58. The largest absolute Gasteiger partial charge is 0.322 e. The van der Waals surface area contributed by atoms with E-state index in [-0.39, 0.29) is 10.8 Å². The van der Waals surface area contributed by atoms with Crippen LogP contribution in [0.25, 0.3) is 6.08 Å². The van der Waals surface area contributed by atoms with Gasteiger partial charge in [0, 0.05) is 30.7 Å². The molecule has 1 heterocycles. The van der Waals surface area contributed by atoms with Crippen molar-refractivity contribution in [3.63, 3.8) is 0 Å². The number of sulfonamides is 1. The van der Waals surface area contributed by atoms with Gasteiger partial charge in [-0.05, 0) is 54.6 Å². The van der Waals surface area contributed by atoms with Gasteiger partial charge in [-0.15, -0.1) is 11.3 Å². The molecule has 128 valence electrons. The minimum Gasteiger partial charge on any atom is -0.322 e. The van der Waals surface area contributed by atoms with Crippen LogP contribution < -0.4 is 5.32 Å². The molecule has 0 aliphatic carbocycles. The lowest BCUT2D eigenvalue weighted by atomic mass is 10.1. The van der Waals surface area contributed by atoms with Crippen molar-refractivity contribution in [1.82, 2.24) is 4.31 Å². The molecule has 1 N–H and O–H groups in total. The van der Waals surface area contributed by atoms with Gasteiger partial charge < -0.3 is 5.32 Å². The van der Waals surface area contributed by atoms with Crippen LogP contribution in [-0.2, 0) is 14.8 Å². The molecule has 0 saturated heterocycles. The molecule has 0 bridgehead atoms. The van der Waals surface area contributed by atoms with Crippen molar-refractivity contribution < 1.29 is 13.2 Å². The van der Waals surface area contributed by atoms with Gasteiger partial charge in [0.25, 0.3) is 0 Å². The summed E-state index contributed by atoms with van der Waals surface area (Å²) < 4.78 is 25.8. The van der Waals surface area contributed by atoms with Gasteiger partial charge in [0.2, 0.25) is 15.9 Å². The number of carbonyl (C=O) groups is 1. The SMILES string of the molecule is Cc1cc(S(=O)(=O)N(C)C)cc(NC(=O)C=Cc2cccs2)c1C. The number of thiophene rings is 1. The van der Waals surface area contributed by atoms with E-state index in [1.54, 1.807) is 12.1 Å². The molecule has 0 aliphatic heterocycles. The topological polar surface area (TPSA) is 66.5 Å². The number of nitrogens with one attached hydrogen (secondary N) is 1. The molecule has 24 heavy (non-hydrogen) atoms. The Morgan fingerprint density at radius 3 is 2.54 bits per heavy atom. The van der Waals surface area contributed by atoms with E-state index in [1.807, 2.05) is 31.4 Å². The van der Waals surface area contributed by atoms with Crippen molar-refractivity contribution in [3.8, 4) is 0 Å². The van der Waals surface area contributed by atoms with Crippen LogP contribution in [0.15, 0.2) is 40.6 Å². The van der Waals surface area contributed by atoms with E-state index < -0.39 is 10.0 Å². The Labute approximate surface area is 146 Å². The average molecular weight is 364 g/mol. The van der Waals surface area contributed by atoms with Crippen LogP contribution in [-0.4, -0.2) is 32.7 Å². The van der Waals surface area contributed by atoms with Crippen LogP contribution in [0.2, 0.25) is 0 Å². The van der Waals surface area contributed by atoms with Crippen molar-refractivity contribution in [2.24, 2.45) is 0 Å². The second-order valence-electron chi connectivity index (χ2n) is 5.54. The number of aryl methyl sites for hydroxylation is 1. The van der Waals surface area contributed by atoms with Gasteiger partial charge in [0.05, 0.1) is 4.90 Å². The molecule has 0 spiro atoms. The number of carbonyl (C=O) groups excluding carboxylic acids is 1. The number of benzene rings is 1. The predicted molar refractivity (Wildman–Crippen MR) is 98.8 cm³/mol. The summed E-state index contributed by atoms with van der Waals surface area (Å²) in [6.07, 6.45) is 3.16. The molecule has 1 amide bonds. The summed E-state index contributed by atoms with van der Waals surface area (Å²) >= 11 is 1.53. The summed E-state index contributed by atoms with van der Waals surface area (Å²) in [5.41, 5.74) is 2.14. The van der Waals surface area contributed by atoms with E-state index in [2.05, 4.69) is 5.32 Å². The minimum absolute atomic E-state index is 0.160. The molecule has 0 atom stereocenters. The summed E-state index contributed by atoms with van der Waals surface area (Å²) in [7, 11) is -0.599. The van der Waals surface area contributed by atoms with Gasteiger partial charge in [-0.1, -0.05) is 6.07 Å². The zero-order valence-electron chi connectivity index (χ0n) is 14.0. The highest BCUT2D eigenvalue weighted by atomic mass is 32.2. The molecule has 2 aromatic rings. The highest BCUT2D eigenvalue weighted by Crippen LogP contribution is 2.25. The molecule has 0 aliphatic rings. The first-order chi connectivity index (χ1) is 11.2. The summed E-state index contributed by atoms with van der Waals surface area (Å²) in [5, 5.41) is 4.69. The molecule has 2 rings (SSSR count). The average Bonchev–Trinajstić information content (AvgIpc) is 3.02. The Bertz CT molecular complexity index is 867. The molecule has 1 aromatic heterocycles. The molecule has 5 nitrogen and oxygen atoms in total. The second-order valence-corrected chi connectivity index (χ2v) is 8.67. The second kappa shape index (κ2) is 7.29. The molecule has 0 fully saturated rings. The van der Waals surface area contributed by atoms with Gasteiger partial charge in [-0.25, -0.2) is 12.7 Å². The first-order valence-electron chi connectivity index (χ1n) is 7.28. The highest BCUT2D eigenvalue weighted by molar-refractivity contribution is 7.89. The number of rotatable bonds is 5. The maximum Gasteiger partial charge on any atom is 0.248 e. The fourth-order valence-corrected chi connectivity index (χ4v) is 3.67. The zero-order chi connectivity index (χ0) is 17.9. The zero-order valence-corrected chi connectivity index (χ0v) is 15.7. The van der Waals surface area contributed by atoms with Crippen molar-refractivity contribution in [2.75, 3.05) is 19.4 Å². The number of amides is 1. The number of anilines is 1. The van der Waals surface area contributed by atoms with Crippen LogP contribution in [0.1, 0.15) is 16.0 Å². The van der Waals surface area contributed by atoms with Gasteiger partial charge in [-0.2, -0.15) is 0 Å². The van der Waals surface area contributed by atoms with Gasteiger partial charge >= 0.3 is 0 Å². The number of hydrogen-bond donors (Lipinski definition) is 1. The normalized spacial score (nSPS) is 12.0. The number of hydrogen-bond acceptors (Lipinski definition) is 4. The van der Waals surface area contributed by atoms with Crippen LogP contribution in [0.5, 0.6) is 0 Å². The van der Waals surface area contributed by atoms with E-state index in [9.17, 15) is 13.2 Å². The van der Waals surface area contributed by atoms with Crippen molar-refractivity contribution in [3.05, 3.63) is 51.7 Å². The van der Waals surface area contributed by atoms with Crippen LogP contribution in [0, 0.1) is 13.8 Å². The first-order valence-corrected chi connectivity index (χ1v) is 9.60. The van der Waals surface area contributed by atoms with Gasteiger partial charge in [0.1, 0.15) is 0 Å². The first kappa shape index (κ1) is 18.4. The fraction of sp³-hybridized carbons (Fsp3) is 0.235. The highest BCUT2D eigenvalue weighted by Gasteiger charge is 2.19. The summed E-state index contributed by atoms with van der Waals surface area (Å²) in [5.74, 6) is -0.301. The lowest BCUT2D eigenvalue weighted by Crippen LogP contribution is -2.22. The van der Waals surface area contributed by atoms with Gasteiger partial charge in [0.15, 0.2) is 0 Å². The number of nitrogens with zero attached hydrogens (tertiary/aromatic N) is 1. The van der Waals surface area contributed by atoms with Crippen LogP contribution >= 0.6 is 11.3 Å². The Morgan fingerprint density at radius 1 is 1.25 bits per heavy atom. The third-order valence-electron chi connectivity index (χ3n) is 3.62. The quantitative estimate of drug-likeness (QED) is 0.828. The molecule has 0 saturated carbocycles. The molecule has 0 radical (unpaired) electrons. The van der Waals surface area contributed by atoms with Crippen molar-refractivity contribution in [2.45, 2.75) is 18.7 Å². The van der Waals surface area contributed by atoms with Crippen molar-refractivity contribution in [1.29, 1.82) is 0 Å². The van der Waals surface area contributed by atoms with Crippen LogP contribution in [0.3, 0.4) is 0 Å². The van der Waals surface area contributed by atoms with E-state index in [0.29, 0.717) is 5.69 Å². The standard InChI is InChI=1S/C17H20N2O3S2/c1-12-10-15(24(21,22)19(3)4)11-16(13(12)2)18-17(20)8-7-14-6-5-9-23-14/h5-11H,1-4H3,(H,18,20). The summed E-state index contributed by atoms with van der Waals surface area (Å²) in [4.78, 5) is 13.2. The Hall–Kier alpha value is -1.96. The molecule has 0 unspecified atom stereocenters. The summed E-state index contributed by atoms with van der Waals surface area (Å²) in [6.45, 7) is 3.67. The Morgan fingerprint density at radius 2 is 1.96 bits per heavy atom. The van der Waals surface area contributed by atoms with E-state index in [1.165, 1.54) is 37.6 Å². The van der Waals surface area contributed by atoms with Crippen molar-refractivity contribution >= 4 is 39.0 Å². The third kappa shape index (κ3) is 4.11.